The van der Waals surface area contributed by atoms with E-state index >= 15 is 0 Å². The maximum absolute atomic E-state index is 12.4. The van der Waals surface area contributed by atoms with Crippen LogP contribution in [0, 0.1) is 0 Å². The van der Waals surface area contributed by atoms with E-state index in [4.69, 9.17) is 0 Å². The van der Waals surface area contributed by atoms with Gasteiger partial charge in [-0.15, -0.1) is 0 Å². The molecule has 0 saturated carbocycles. The van der Waals surface area contributed by atoms with Crippen LogP contribution in [-0.4, -0.2) is 14.8 Å². The number of aromatic nitrogens is 3. The summed E-state index contributed by atoms with van der Waals surface area (Å²) in [5.74, 6) is 0. The number of nitrogens with zero attached hydrogens (tertiary/aromatic N) is 3. The minimum absolute atomic E-state index is 0.282. The molecule has 0 aliphatic heterocycles. The molecule has 1 aromatic heterocycles. The van der Waals surface area contributed by atoms with Gasteiger partial charge in [-0.1, -0.05) is 12.1 Å². The average Bonchev–Trinajstić information content (AvgIpc) is 2.70. The van der Waals surface area contributed by atoms with Gasteiger partial charge in [-0.05, 0) is 17.7 Å². The lowest BCUT2D eigenvalue weighted by Crippen LogP contribution is -2.07. The van der Waals surface area contributed by atoms with Crippen molar-refractivity contribution in [2.45, 2.75) is 12.7 Å². The van der Waals surface area contributed by atoms with Crippen LogP contribution in [0.2, 0.25) is 0 Å². The fourth-order valence-corrected chi connectivity index (χ4v) is 1.35. The Morgan fingerprint density at radius 2 is 2.06 bits per heavy atom. The van der Waals surface area contributed by atoms with E-state index in [9.17, 15) is 13.2 Å². The van der Waals surface area contributed by atoms with Crippen LogP contribution in [0.1, 0.15) is 11.1 Å². The molecule has 0 amide bonds. The number of hydrogen-bond donors (Lipinski definition) is 0. The van der Waals surface area contributed by atoms with E-state index in [-0.39, 0.29) is 6.54 Å². The number of rotatable bonds is 2. The summed E-state index contributed by atoms with van der Waals surface area (Å²) in [6.45, 7) is 0.282. The normalized spacial score (nSPS) is 11.7. The molecule has 0 saturated heterocycles. The monoisotopic (exact) mass is 227 g/mol. The Bertz CT molecular complexity index is 462. The van der Waals surface area contributed by atoms with Crippen molar-refractivity contribution in [3.05, 3.63) is 48.0 Å². The number of hydrogen-bond acceptors (Lipinski definition) is 2. The zero-order chi connectivity index (χ0) is 11.6. The summed E-state index contributed by atoms with van der Waals surface area (Å²) in [7, 11) is 0. The van der Waals surface area contributed by atoms with Crippen molar-refractivity contribution in [1.29, 1.82) is 0 Å². The highest BCUT2D eigenvalue weighted by atomic mass is 19.4. The molecule has 0 aliphatic rings. The highest BCUT2D eigenvalue weighted by Gasteiger charge is 2.30. The SMILES string of the molecule is FC(F)(F)c1cccc(Cn2cncn2)c1. The van der Waals surface area contributed by atoms with E-state index in [1.165, 1.54) is 23.4 Å². The third-order valence-electron chi connectivity index (χ3n) is 2.07. The molecule has 0 unspecified atom stereocenters. The second kappa shape index (κ2) is 3.96. The lowest BCUT2D eigenvalue weighted by Gasteiger charge is -2.08. The van der Waals surface area contributed by atoms with E-state index < -0.39 is 11.7 Å². The second-order valence-electron chi connectivity index (χ2n) is 3.29. The molecule has 2 rings (SSSR count). The van der Waals surface area contributed by atoms with Crippen LogP contribution in [0.15, 0.2) is 36.9 Å². The third-order valence-corrected chi connectivity index (χ3v) is 2.07. The van der Waals surface area contributed by atoms with Gasteiger partial charge in [-0.25, -0.2) is 9.67 Å². The van der Waals surface area contributed by atoms with Gasteiger partial charge in [-0.2, -0.15) is 18.3 Å². The average molecular weight is 227 g/mol. The molecule has 0 N–H and O–H groups in total. The Morgan fingerprint density at radius 1 is 1.25 bits per heavy atom. The maximum atomic E-state index is 12.4. The molecule has 0 fully saturated rings. The Hall–Kier alpha value is -1.85. The van der Waals surface area contributed by atoms with Gasteiger partial charge >= 0.3 is 6.18 Å². The van der Waals surface area contributed by atoms with Crippen LogP contribution >= 0.6 is 0 Å². The summed E-state index contributed by atoms with van der Waals surface area (Å²) >= 11 is 0. The molecular formula is C10H8F3N3. The van der Waals surface area contributed by atoms with Crippen molar-refractivity contribution in [1.82, 2.24) is 14.8 Å². The summed E-state index contributed by atoms with van der Waals surface area (Å²) in [6.07, 6.45) is -1.51. The zero-order valence-electron chi connectivity index (χ0n) is 8.15. The first kappa shape index (κ1) is 10.7. The van der Waals surface area contributed by atoms with Gasteiger partial charge in [0.15, 0.2) is 0 Å². The van der Waals surface area contributed by atoms with Crippen LogP contribution in [0.5, 0.6) is 0 Å². The standard InChI is InChI=1S/C10H8F3N3/c11-10(12,13)9-3-1-2-8(4-9)5-16-7-14-6-15-16/h1-4,6-7H,5H2. The molecule has 84 valence electrons. The number of benzene rings is 1. The van der Waals surface area contributed by atoms with Gasteiger partial charge in [0.05, 0.1) is 12.1 Å². The minimum atomic E-state index is -4.31. The number of halogens is 3. The highest BCUT2D eigenvalue weighted by Crippen LogP contribution is 2.29. The molecule has 16 heavy (non-hydrogen) atoms. The van der Waals surface area contributed by atoms with E-state index in [1.54, 1.807) is 6.07 Å². The molecule has 6 heteroatoms. The molecular weight excluding hydrogens is 219 g/mol. The van der Waals surface area contributed by atoms with Crippen LogP contribution in [-0.2, 0) is 12.7 Å². The predicted molar refractivity (Wildman–Crippen MR) is 50.6 cm³/mol. The van der Waals surface area contributed by atoms with E-state index in [2.05, 4.69) is 10.1 Å². The smallest absolute Gasteiger partial charge is 0.249 e. The molecule has 2 aromatic rings. The fourth-order valence-electron chi connectivity index (χ4n) is 1.35. The van der Waals surface area contributed by atoms with Crippen molar-refractivity contribution >= 4 is 0 Å². The van der Waals surface area contributed by atoms with Crippen molar-refractivity contribution < 1.29 is 13.2 Å². The summed E-state index contributed by atoms with van der Waals surface area (Å²) in [5.41, 5.74) is -0.106. The van der Waals surface area contributed by atoms with Gasteiger partial charge in [0, 0.05) is 0 Å². The second-order valence-corrected chi connectivity index (χ2v) is 3.29. The van der Waals surface area contributed by atoms with Crippen molar-refractivity contribution in [2.24, 2.45) is 0 Å². The van der Waals surface area contributed by atoms with Gasteiger partial charge in [-0.3, -0.25) is 0 Å². The lowest BCUT2D eigenvalue weighted by atomic mass is 10.1. The maximum Gasteiger partial charge on any atom is 0.416 e. The predicted octanol–water partition coefficient (Wildman–Crippen LogP) is 2.35. The molecule has 0 aliphatic carbocycles. The van der Waals surface area contributed by atoms with E-state index in [0.29, 0.717) is 5.56 Å². The van der Waals surface area contributed by atoms with Crippen molar-refractivity contribution in [3.8, 4) is 0 Å². The summed E-state index contributed by atoms with van der Waals surface area (Å²) in [6, 6.07) is 5.17. The molecule has 3 nitrogen and oxygen atoms in total. The first-order valence-corrected chi connectivity index (χ1v) is 4.54. The van der Waals surface area contributed by atoms with Crippen LogP contribution in [0.3, 0.4) is 0 Å². The fraction of sp³-hybridized carbons (Fsp3) is 0.200. The molecule has 1 aromatic carbocycles. The van der Waals surface area contributed by atoms with Crippen molar-refractivity contribution in [3.63, 3.8) is 0 Å². The van der Waals surface area contributed by atoms with Crippen LogP contribution in [0.4, 0.5) is 13.2 Å². The largest absolute Gasteiger partial charge is 0.416 e. The Labute approximate surface area is 89.5 Å². The van der Waals surface area contributed by atoms with Crippen LogP contribution < -0.4 is 0 Å². The van der Waals surface area contributed by atoms with Gasteiger partial charge in [0.2, 0.25) is 0 Å². The number of alkyl halides is 3. The summed E-state index contributed by atoms with van der Waals surface area (Å²) in [4.78, 5) is 3.72. The Balaban J connectivity index is 2.23. The summed E-state index contributed by atoms with van der Waals surface area (Å²) < 4.78 is 38.7. The van der Waals surface area contributed by atoms with Gasteiger partial charge in [0.25, 0.3) is 0 Å². The van der Waals surface area contributed by atoms with Crippen LogP contribution in [0.25, 0.3) is 0 Å². The van der Waals surface area contributed by atoms with E-state index in [0.717, 1.165) is 12.1 Å². The highest BCUT2D eigenvalue weighted by molar-refractivity contribution is 5.25. The van der Waals surface area contributed by atoms with Gasteiger partial charge in [0.1, 0.15) is 12.7 Å². The Kier molecular flexibility index (Phi) is 2.64. The Morgan fingerprint density at radius 3 is 2.69 bits per heavy atom. The molecule has 0 bridgehead atoms. The molecule has 0 radical (unpaired) electrons. The van der Waals surface area contributed by atoms with Crippen molar-refractivity contribution in [2.75, 3.05) is 0 Å². The molecule has 1 heterocycles. The first-order valence-electron chi connectivity index (χ1n) is 4.54. The van der Waals surface area contributed by atoms with Gasteiger partial charge < -0.3 is 0 Å². The third kappa shape index (κ3) is 2.39. The topological polar surface area (TPSA) is 30.7 Å². The summed E-state index contributed by atoms with van der Waals surface area (Å²) in [5, 5.41) is 3.83. The molecule has 0 atom stereocenters. The van der Waals surface area contributed by atoms with E-state index in [1.807, 2.05) is 0 Å². The first-order chi connectivity index (χ1) is 7.55. The lowest BCUT2D eigenvalue weighted by molar-refractivity contribution is -0.137. The zero-order valence-corrected chi connectivity index (χ0v) is 8.15. The quantitative estimate of drug-likeness (QED) is 0.788. The minimum Gasteiger partial charge on any atom is -0.249 e. The molecule has 0 spiro atoms.